The number of benzene rings is 1. The van der Waals surface area contributed by atoms with Crippen LogP contribution >= 0.6 is 0 Å². The van der Waals surface area contributed by atoms with Gasteiger partial charge in [-0.2, -0.15) is 0 Å². The molecule has 262 valence electrons. The number of hydrogen-bond acceptors (Lipinski definition) is 6. The first-order valence-electron chi connectivity index (χ1n) is 18.0. The van der Waals surface area contributed by atoms with E-state index in [0.29, 0.717) is 11.3 Å². The van der Waals surface area contributed by atoms with E-state index in [1.807, 2.05) is 0 Å². The summed E-state index contributed by atoms with van der Waals surface area (Å²) in [5.41, 5.74) is 0.712. The average molecular weight is 661 g/mol. The number of anilines is 1. The first kappa shape index (κ1) is 34.7. The number of ether oxygens (including phenoxy) is 2. The van der Waals surface area contributed by atoms with Crippen molar-refractivity contribution in [3.8, 4) is 0 Å². The van der Waals surface area contributed by atoms with Crippen LogP contribution in [0.25, 0.3) is 0 Å². The predicted molar refractivity (Wildman–Crippen MR) is 185 cm³/mol. The summed E-state index contributed by atoms with van der Waals surface area (Å²) in [5, 5.41) is 6.14. The van der Waals surface area contributed by atoms with Gasteiger partial charge in [-0.25, -0.2) is 9.59 Å². The number of ketones is 1. The lowest BCUT2D eigenvalue weighted by molar-refractivity contribution is -0.189. The van der Waals surface area contributed by atoms with Gasteiger partial charge in [0.25, 0.3) is 0 Å². The van der Waals surface area contributed by atoms with E-state index in [0.717, 1.165) is 57.8 Å². The SMILES string of the molecule is COC(=O)c1ccccc1NC(=O)N[C@H]1CC[C@@]2(C)[C@H](CC[C@@]3(C)[C@H]2C(=O)C=C2[C@H]4C[C@@](C)(C(=O)OC)CC[C@]4(C)CC[C@]23C)C1(C)C. The third-order valence-corrected chi connectivity index (χ3v) is 15.2. The molecule has 8 nitrogen and oxygen atoms in total. The number of nitrogens with one attached hydrogen (secondary N) is 2. The highest BCUT2D eigenvalue weighted by atomic mass is 16.5. The maximum absolute atomic E-state index is 14.7. The van der Waals surface area contributed by atoms with Crippen molar-refractivity contribution in [2.75, 3.05) is 19.5 Å². The molecule has 0 radical (unpaired) electrons. The van der Waals surface area contributed by atoms with Crippen LogP contribution in [0.3, 0.4) is 0 Å². The molecule has 9 atom stereocenters. The fourth-order valence-corrected chi connectivity index (χ4v) is 12.1. The Morgan fingerprint density at radius 2 is 1.52 bits per heavy atom. The minimum absolute atomic E-state index is 0.0765. The highest BCUT2D eigenvalue weighted by molar-refractivity contribution is 6.01. The summed E-state index contributed by atoms with van der Waals surface area (Å²) in [5.74, 6) is -0.0783. The van der Waals surface area contributed by atoms with Crippen LogP contribution in [0.1, 0.15) is 117 Å². The lowest BCUT2D eigenvalue weighted by Crippen LogP contribution is -2.67. The molecule has 4 fully saturated rings. The number of fused-ring (bicyclic) bond motifs is 7. The maximum Gasteiger partial charge on any atom is 0.339 e. The van der Waals surface area contributed by atoms with Gasteiger partial charge < -0.3 is 20.1 Å². The van der Waals surface area contributed by atoms with Crippen molar-refractivity contribution in [1.29, 1.82) is 0 Å². The second-order valence-electron chi connectivity index (χ2n) is 17.8. The van der Waals surface area contributed by atoms with Crippen molar-refractivity contribution >= 4 is 29.4 Å². The maximum atomic E-state index is 14.7. The number of allylic oxidation sites excluding steroid dienone is 2. The normalized spacial score (nSPS) is 41.3. The van der Waals surface area contributed by atoms with E-state index in [1.54, 1.807) is 24.3 Å². The van der Waals surface area contributed by atoms with E-state index < -0.39 is 11.4 Å². The molecule has 48 heavy (non-hydrogen) atoms. The van der Waals surface area contributed by atoms with E-state index in [4.69, 9.17) is 9.47 Å². The molecule has 0 aliphatic heterocycles. The van der Waals surface area contributed by atoms with Crippen LogP contribution in [-0.2, 0) is 19.1 Å². The lowest BCUT2D eigenvalue weighted by atomic mass is 9.33. The number of urea groups is 1. The largest absolute Gasteiger partial charge is 0.469 e. The first-order valence-corrected chi connectivity index (χ1v) is 18.0. The van der Waals surface area contributed by atoms with Gasteiger partial charge >= 0.3 is 18.0 Å². The van der Waals surface area contributed by atoms with Crippen LogP contribution < -0.4 is 10.6 Å². The molecule has 4 saturated carbocycles. The first-order chi connectivity index (χ1) is 22.4. The minimum Gasteiger partial charge on any atom is -0.469 e. The van der Waals surface area contributed by atoms with Crippen molar-refractivity contribution < 1.29 is 28.7 Å². The number of methoxy groups -OCH3 is 2. The second-order valence-corrected chi connectivity index (χ2v) is 17.8. The quantitative estimate of drug-likeness (QED) is 0.316. The van der Waals surface area contributed by atoms with E-state index in [-0.39, 0.29) is 68.7 Å². The van der Waals surface area contributed by atoms with Crippen LogP contribution in [0.4, 0.5) is 10.5 Å². The molecule has 2 amide bonds. The molecule has 0 saturated heterocycles. The standard InChI is InChI=1S/C40H56N2O6/c1-35(2)29-14-17-40(7)31(38(29,5)16-15-30(35)42-34(46)41-27-13-11-10-12-24(27)32(44)47-8)28(43)22-25-26-23-37(4,33(45)48-9)19-18-36(26,3)20-21-39(25,40)6/h10-13,22,26,29-31H,14-21,23H2,1-9H3,(H2,41,42,46)/t26-,29-,30+,31+,36-,37+,38+,39-,40+/m1/s1. The van der Waals surface area contributed by atoms with Gasteiger partial charge in [-0.15, -0.1) is 0 Å². The zero-order chi connectivity index (χ0) is 35.1. The van der Waals surface area contributed by atoms with E-state index in [1.165, 1.54) is 19.8 Å². The summed E-state index contributed by atoms with van der Waals surface area (Å²) in [6.07, 6.45) is 10.3. The fraction of sp³-hybridized carbons (Fsp3) is 0.700. The molecular formula is C40H56N2O6. The predicted octanol–water partition coefficient (Wildman–Crippen LogP) is 8.12. The van der Waals surface area contributed by atoms with Gasteiger partial charge in [0.15, 0.2) is 5.78 Å². The van der Waals surface area contributed by atoms with Crippen LogP contribution in [0.15, 0.2) is 35.9 Å². The van der Waals surface area contributed by atoms with Gasteiger partial charge in [0, 0.05) is 12.0 Å². The Morgan fingerprint density at radius 1 is 0.833 bits per heavy atom. The van der Waals surface area contributed by atoms with Crippen molar-refractivity contribution in [2.45, 2.75) is 112 Å². The monoisotopic (exact) mass is 660 g/mol. The molecule has 0 aromatic heterocycles. The van der Waals surface area contributed by atoms with Gasteiger partial charge in [-0.1, -0.05) is 59.2 Å². The summed E-state index contributed by atoms with van der Waals surface area (Å²) in [4.78, 5) is 53.4. The number of carbonyl (C=O) groups excluding carboxylic acids is 4. The van der Waals surface area contributed by atoms with Crippen LogP contribution in [-0.4, -0.2) is 44.0 Å². The van der Waals surface area contributed by atoms with Crippen molar-refractivity contribution in [2.24, 2.45) is 50.2 Å². The Bertz CT molecular complexity index is 1570. The number of rotatable bonds is 4. The van der Waals surface area contributed by atoms with Crippen LogP contribution in [0, 0.1) is 50.2 Å². The molecule has 0 spiro atoms. The molecule has 6 rings (SSSR count). The summed E-state index contributed by atoms with van der Waals surface area (Å²) in [6.45, 7) is 16.1. The number of hydrogen-bond donors (Lipinski definition) is 2. The van der Waals surface area contributed by atoms with E-state index >= 15 is 0 Å². The summed E-state index contributed by atoms with van der Waals surface area (Å²) >= 11 is 0. The summed E-state index contributed by atoms with van der Waals surface area (Å²) in [6, 6.07) is 6.40. The number of esters is 2. The molecule has 1 aromatic rings. The molecule has 5 aliphatic rings. The topological polar surface area (TPSA) is 111 Å². The Kier molecular flexibility index (Phi) is 8.27. The van der Waals surface area contributed by atoms with Crippen LogP contribution in [0.2, 0.25) is 0 Å². The van der Waals surface area contributed by atoms with Crippen LogP contribution in [0.5, 0.6) is 0 Å². The number of amides is 2. The Balaban J connectivity index is 1.28. The number of para-hydroxylation sites is 1. The van der Waals surface area contributed by atoms with Crippen molar-refractivity contribution in [1.82, 2.24) is 5.32 Å². The minimum atomic E-state index is -0.536. The summed E-state index contributed by atoms with van der Waals surface area (Å²) in [7, 11) is 2.81. The smallest absolute Gasteiger partial charge is 0.339 e. The highest BCUT2D eigenvalue weighted by Gasteiger charge is 2.70. The average Bonchev–Trinajstić information content (AvgIpc) is 3.03. The lowest BCUT2D eigenvalue weighted by Gasteiger charge is -2.70. The highest BCUT2D eigenvalue weighted by Crippen LogP contribution is 2.75. The van der Waals surface area contributed by atoms with Crippen molar-refractivity contribution in [3.05, 3.63) is 41.5 Å². The zero-order valence-corrected chi connectivity index (χ0v) is 30.5. The molecule has 0 bridgehead atoms. The molecule has 0 unspecified atom stereocenters. The molecule has 1 aromatic carbocycles. The van der Waals surface area contributed by atoms with Gasteiger partial charge in [0.2, 0.25) is 0 Å². The Hall–Kier alpha value is -3.16. The third kappa shape index (κ3) is 4.89. The van der Waals surface area contributed by atoms with Gasteiger partial charge in [-0.05, 0) is 122 Å². The third-order valence-electron chi connectivity index (χ3n) is 15.2. The molecule has 2 N–H and O–H groups in total. The molecule has 5 aliphatic carbocycles. The van der Waals surface area contributed by atoms with Gasteiger partial charge in [-0.3, -0.25) is 9.59 Å². The van der Waals surface area contributed by atoms with Gasteiger partial charge in [0.1, 0.15) is 0 Å². The zero-order valence-electron chi connectivity index (χ0n) is 30.5. The molecule has 0 heterocycles. The molecular weight excluding hydrogens is 604 g/mol. The second kappa shape index (κ2) is 11.4. The summed E-state index contributed by atoms with van der Waals surface area (Å²) < 4.78 is 10.2. The van der Waals surface area contributed by atoms with E-state index in [9.17, 15) is 19.2 Å². The fourth-order valence-electron chi connectivity index (χ4n) is 12.1. The number of carbonyl (C=O) groups is 4. The Morgan fingerprint density at radius 3 is 2.21 bits per heavy atom. The van der Waals surface area contributed by atoms with E-state index in [2.05, 4.69) is 65.2 Å². The molecule has 8 heteroatoms. The van der Waals surface area contributed by atoms with Crippen molar-refractivity contribution in [3.63, 3.8) is 0 Å². The van der Waals surface area contributed by atoms with Gasteiger partial charge in [0.05, 0.1) is 30.9 Å². The Labute approximate surface area is 286 Å².